The fraction of sp³-hybridized carbons (Fsp3) is 0.652. The topological polar surface area (TPSA) is 0 Å². The van der Waals surface area contributed by atoms with Gasteiger partial charge < -0.3 is 0 Å². The van der Waals surface area contributed by atoms with E-state index in [4.69, 9.17) is 0 Å². The molecule has 0 spiro atoms. The summed E-state index contributed by atoms with van der Waals surface area (Å²) in [5, 5.41) is 0. The molecule has 0 bridgehead atoms. The third-order valence-corrected chi connectivity index (χ3v) is 6.37. The zero-order valence-electron chi connectivity index (χ0n) is 15.4. The van der Waals surface area contributed by atoms with E-state index in [1.807, 2.05) is 0 Å². The Morgan fingerprint density at radius 2 is 1.52 bits per heavy atom. The molecule has 2 heteroatoms. The standard InChI is InChI=1S/C23H30F2/c1-2-3-17-6-11-20(12-7-17)21-13-8-18(9-14-21)4-5-19-10-15-22(24)23(25)16-19/h10,15-18,20-21H,2-3,6-9,11-14H2,1H3. The Balaban J connectivity index is 1.46. The number of hydrogen-bond acceptors (Lipinski definition) is 0. The summed E-state index contributed by atoms with van der Waals surface area (Å²) in [7, 11) is 0. The van der Waals surface area contributed by atoms with Crippen molar-refractivity contribution in [2.24, 2.45) is 23.7 Å². The van der Waals surface area contributed by atoms with Crippen molar-refractivity contribution < 1.29 is 8.78 Å². The van der Waals surface area contributed by atoms with Crippen LogP contribution in [0.25, 0.3) is 0 Å². The molecule has 0 heterocycles. The summed E-state index contributed by atoms with van der Waals surface area (Å²) in [4.78, 5) is 0. The molecule has 0 N–H and O–H groups in total. The number of rotatable bonds is 3. The Morgan fingerprint density at radius 1 is 0.880 bits per heavy atom. The SMILES string of the molecule is CCCC1CCC(C2CCC(C#Cc3ccc(F)c(F)c3)CC2)CC1. The normalized spacial score (nSPS) is 29.7. The van der Waals surface area contributed by atoms with Gasteiger partial charge in [0.2, 0.25) is 0 Å². The zero-order valence-corrected chi connectivity index (χ0v) is 15.4. The highest BCUT2D eigenvalue weighted by Gasteiger charge is 2.30. The summed E-state index contributed by atoms with van der Waals surface area (Å²) in [5.74, 6) is 7.95. The van der Waals surface area contributed by atoms with Crippen molar-refractivity contribution in [1.29, 1.82) is 0 Å². The minimum absolute atomic E-state index is 0.417. The van der Waals surface area contributed by atoms with Crippen LogP contribution in [-0.4, -0.2) is 0 Å². The summed E-state index contributed by atoms with van der Waals surface area (Å²) < 4.78 is 26.2. The quantitative estimate of drug-likeness (QED) is 0.533. The molecule has 0 atom stereocenters. The van der Waals surface area contributed by atoms with Gasteiger partial charge in [0.25, 0.3) is 0 Å². The monoisotopic (exact) mass is 344 g/mol. The van der Waals surface area contributed by atoms with Gasteiger partial charge in [-0.2, -0.15) is 0 Å². The molecule has 0 unspecified atom stereocenters. The molecule has 25 heavy (non-hydrogen) atoms. The predicted octanol–water partition coefficient (Wildman–Crippen LogP) is 6.73. The van der Waals surface area contributed by atoms with Crippen LogP contribution in [0, 0.1) is 47.1 Å². The highest BCUT2D eigenvalue weighted by molar-refractivity contribution is 5.35. The van der Waals surface area contributed by atoms with E-state index in [9.17, 15) is 8.78 Å². The van der Waals surface area contributed by atoms with Crippen LogP contribution < -0.4 is 0 Å². The van der Waals surface area contributed by atoms with Gasteiger partial charge in [-0.1, -0.05) is 44.4 Å². The molecule has 2 saturated carbocycles. The minimum atomic E-state index is -0.811. The molecule has 1 aromatic carbocycles. The number of hydrogen-bond donors (Lipinski definition) is 0. The first kappa shape index (κ1) is 18.4. The Morgan fingerprint density at radius 3 is 2.12 bits per heavy atom. The third-order valence-electron chi connectivity index (χ3n) is 6.37. The molecule has 0 saturated heterocycles. The van der Waals surface area contributed by atoms with Crippen molar-refractivity contribution in [3.8, 4) is 11.8 Å². The van der Waals surface area contributed by atoms with Crippen LogP contribution in [0.2, 0.25) is 0 Å². The molecule has 1 aromatic rings. The summed E-state index contributed by atoms with van der Waals surface area (Å²) in [6.45, 7) is 2.30. The molecule has 0 amide bonds. The fourth-order valence-corrected chi connectivity index (χ4v) is 4.85. The van der Waals surface area contributed by atoms with E-state index in [2.05, 4.69) is 18.8 Å². The van der Waals surface area contributed by atoms with Crippen LogP contribution >= 0.6 is 0 Å². The van der Waals surface area contributed by atoms with Crippen molar-refractivity contribution in [1.82, 2.24) is 0 Å². The van der Waals surface area contributed by atoms with Crippen molar-refractivity contribution >= 4 is 0 Å². The van der Waals surface area contributed by atoms with Crippen molar-refractivity contribution in [3.05, 3.63) is 35.4 Å². The van der Waals surface area contributed by atoms with E-state index in [0.717, 1.165) is 36.7 Å². The lowest BCUT2D eigenvalue weighted by atomic mass is 9.69. The molecule has 2 fully saturated rings. The van der Waals surface area contributed by atoms with E-state index < -0.39 is 11.6 Å². The maximum atomic E-state index is 13.2. The molecule has 3 rings (SSSR count). The molecule has 0 radical (unpaired) electrons. The lowest BCUT2D eigenvalue weighted by Gasteiger charge is -2.37. The molecular weight excluding hydrogens is 314 g/mol. The Bertz CT molecular complexity index is 609. The molecular formula is C23H30F2. The second-order valence-electron chi connectivity index (χ2n) is 8.08. The molecule has 0 aliphatic heterocycles. The highest BCUT2D eigenvalue weighted by Crippen LogP contribution is 2.42. The van der Waals surface area contributed by atoms with Gasteiger partial charge in [0.15, 0.2) is 11.6 Å². The Kier molecular flexibility index (Phi) is 6.51. The summed E-state index contributed by atoms with van der Waals surface area (Å²) in [5.41, 5.74) is 0.579. The summed E-state index contributed by atoms with van der Waals surface area (Å²) in [6, 6.07) is 3.92. The average Bonchev–Trinajstić information content (AvgIpc) is 2.64. The van der Waals surface area contributed by atoms with Crippen molar-refractivity contribution in [3.63, 3.8) is 0 Å². The van der Waals surface area contributed by atoms with Gasteiger partial charge in [0.05, 0.1) is 0 Å². The van der Waals surface area contributed by atoms with Gasteiger partial charge in [-0.15, -0.1) is 0 Å². The first-order valence-corrected chi connectivity index (χ1v) is 10.1. The maximum Gasteiger partial charge on any atom is 0.160 e. The third kappa shape index (κ3) is 5.06. The van der Waals surface area contributed by atoms with Gasteiger partial charge in [0.1, 0.15) is 0 Å². The average molecular weight is 344 g/mol. The van der Waals surface area contributed by atoms with Gasteiger partial charge in [-0.25, -0.2) is 8.78 Å². The Hall–Kier alpha value is -1.36. The van der Waals surface area contributed by atoms with E-state index in [-0.39, 0.29) is 0 Å². The van der Waals surface area contributed by atoms with Crippen LogP contribution in [0.1, 0.15) is 76.7 Å². The number of benzene rings is 1. The minimum Gasteiger partial charge on any atom is -0.204 e. The zero-order chi connectivity index (χ0) is 17.6. The van der Waals surface area contributed by atoms with E-state index >= 15 is 0 Å². The lowest BCUT2D eigenvalue weighted by Crippen LogP contribution is -2.25. The van der Waals surface area contributed by atoms with E-state index in [1.54, 1.807) is 6.07 Å². The summed E-state index contributed by atoms with van der Waals surface area (Å²) >= 11 is 0. The smallest absolute Gasteiger partial charge is 0.160 e. The first-order valence-electron chi connectivity index (χ1n) is 10.1. The van der Waals surface area contributed by atoms with E-state index in [1.165, 1.54) is 57.4 Å². The van der Waals surface area contributed by atoms with Crippen LogP contribution in [0.3, 0.4) is 0 Å². The van der Waals surface area contributed by atoms with Crippen LogP contribution in [0.15, 0.2) is 18.2 Å². The lowest BCUT2D eigenvalue weighted by molar-refractivity contribution is 0.154. The van der Waals surface area contributed by atoms with Crippen LogP contribution in [0.5, 0.6) is 0 Å². The molecule has 136 valence electrons. The van der Waals surface area contributed by atoms with Crippen LogP contribution in [-0.2, 0) is 0 Å². The van der Waals surface area contributed by atoms with Crippen LogP contribution in [0.4, 0.5) is 8.78 Å². The highest BCUT2D eigenvalue weighted by atomic mass is 19.2. The van der Waals surface area contributed by atoms with Gasteiger partial charge >= 0.3 is 0 Å². The second-order valence-corrected chi connectivity index (χ2v) is 8.08. The summed E-state index contributed by atoms with van der Waals surface area (Å²) in [6.07, 6.45) is 13.4. The predicted molar refractivity (Wildman–Crippen MR) is 99.0 cm³/mol. The number of halogens is 2. The first-order chi connectivity index (χ1) is 12.2. The van der Waals surface area contributed by atoms with Gasteiger partial charge in [0, 0.05) is 11.5 Å². The largest absolute Gasteiger partial charge is 0.204 e. The molecule has 2 aliphatic carbocycles. The second kappa shape index (κ2) is 8.84. The van der Waals surface area contributed by atoms with Crippen molar-refractivity contribution in [2.45, 2.75) is 71.1 Å². The van der Waals surface area contributed by atoms with Gasteiger partial charge in [-0.05, 0) is 74.5 Å². The molecule has 2 aliphatic rings. The maximum absolute atomic E-state index is 13.2. The fourth-order valence-electron chi connectivity index (χ4n) is 4.85. The molecule has 0 aromatic heterocycles. The van der Waals surface area contributed by atoms with Crippen molar-refractivity contribution in [2.75, 3.05) is 0 Å². The van der Waals surface area contributed by atoms with Gasteiger partial charge in [-0.3, -0.25) is 0 Å². The molecule has 0 nitrogen and oxygen atoms in total. The Labute approximate surface area is 151 Å². The van der Waals surface area contributed by atoms with E-state index in [0.29, 0.717) is 11.5 Å².